The first-order valence-corrected chi connectivity index (χ1v) is 8.43. The quantitative estimate of drug-likeness (QED) is 0.610. The van der Waals surface area contributed by atoms with Crippen molar-refractivity contribution < 1.29 is 13.6 Å². The summed E-state index contributed by atoms with van der Waals surface area (Å²) in [6.45, 7) is 0. The van der Waals surface area contributed by atoms with Crippen molar-refractivity contribution >= 4 is 19.2 Å². The third-order valence-electron chi connectivity index (χ3n) is 3.40. The Morgan fingerprint density at radius 3 is 2.33 bits per heavy atom. The highest BCUT2D eigenvalue weighted by Gasteiger charge is 2.43. The van der Waals surface area contributed by atoms with E-state index in [1.807, 2.05) is 30.3 Å². The molecule has 2 aliphatic rings. The fourth-order valence-corrected chi connectivity index (χ4v) is 5.19. The lowest BCUT2D eigenvalue weighted by atomic mass is 9.95. The van der Waals surface area contributed by atoms with Gasteiger partial charge in [-0.2, -0.15) is 0 Å². The predicted molar refractivity (Wildman–Crippen MR) is 71.0 cm³/mol. The van der Waals surface area contributed by atoms with Crippen molar-refractivity contribution in [1.82, 2.24) is 0 Å². The summed E-state index contributed by atoms with van der Waals surface area (Å²) in [5.41, 5.74) is 0.989. The first kappa shape index (κ1) is 12.7. The van der Waals surface area contributed by atoms with E-state index in [0.717, 1.165) is 24.8 Å². The maximum atomic E-state index is 12.6. The Labute approximate surface area is 112 Å². The molecule has 3 rings (SSSR count). The van der Waals surface area contributed by atoms with Crippen LogP contribution in [0.2, 0.25) is 0 Å². The normalized spacial score (nSPS) is 39.5. The molecule has 1 aliphatic heterocycles. The summed E-state index contributed by atoms with van der Waals surface area (Å²) >= 11 is 6.12. The van der Waals surface area contributed by atoms with E-state index in [-0.39, 0.29) is 17.6 Å². The second kappa shape index (κ2) is 4.97. The summed E-state index contributed by atoms with van der Waals surface area (Å²) in [5.74, 6) is 0. The van der Waals surface area contributed by atoms with Crippen LogP contribution in [0, 0.1) is 0 Å². The van der Waals surface area contributed by atoms with Gasteiger partial charge in [-0.3, -0.25) is 4.57 Å². The molecule has 18 heavy (non-hydrogen) atoms. The molecule has 2 fully saturated rings. The zero-order valence-corrected chi connectivity index (χ0v) is 11.6. The van der Waals surface area contributed by atoms with Crippen LogP contribution in [0.3, 0.4) is 0 Å². The molecule has 3 nitrogen and oxygen atoms in total. The monoisotopic (exact) mass is 286 g/mol. The Morgan fingerprint density at radius 2 is 1.72 bits per heavy atom. The molecule has 5 heteroatoms. The third-order valence-corrected chi connectivity index (χ3v) is 5.75. The third kappa shape index (κ3) is 2.80. The standard InChI is InChI=1S/C13H16ClO3P/c14-11-6-12-8-13(7-11)17-18(15,16-12)9-10-4-2-1-3-5-10/h1-5,11-13H,6-9H2. The highest BCUT2D eigenvalue weighted by atomic mass is 35.5. The van der Waals surface area contributed by atoms with Gasteiger partial charge in [-0.25, -0.2) is 0 Å². The summed E-state index contributed by atoms with van der Waals surface area (Å²) in [4.78, 5) is 0. The predicted octanol–water partition coefficient (Wildman–Crippen LogP) is 3.96. The Morgan fingerprint density at radius 1 is 1.11 bits per heavy atom. The molecule has 2 bridgehead atoms. The van der Waals surface area contributed by atoms with Gasteiger partial charge in [0.2, 0.25) is 0 Å². The van der Waals surface area contributed by atoms with Gasteiger partial charge in [0, 0.05) is 11.8 Å². The molecule has 0 spiro atoms. The molecular weight excluding hydrogens is 271 g/mol. The van der Waals surface area contributed by atoms with Gasteiger partial charge in [-0.1, -0.05) is 30.3 Å². The van der Waals surface area contributed by atoms with E-state index in [1.165, 1.54) is 0 Å². The topological polar surface area (TPSA) is 35.5 Å². The van der Waals surface area contributed by atoms with Gasteiger partial charge in [0.25, 0.3) is 0 Å². The van der Waals surface area contributed by atoms with E-state index in [0.29, 0.717) is 6.16 Å². The van der Waals surface area contributed by atoms with Crippen LogP contribution in [-0.4, -0.2) is 17.6 Å². The molecule has 1 aromatic rings. The second-order valence-electron chi connectivity index (χ2n) is 5.01. The molecule has 1 heterocycles. The summed E-state index contributed by atoms with van der Waals surface area (Å²) in [5, 5.41) is 0.0826. The molecule has 1 saturated heterocycles. The lowest BCUT2D eigenvalue weighted by Crippen LogP contribution is -2.37. The lowest BCUT2D eigenvalue weighted by molar-refractivity contribution is -0.000200. The number of alkyl halides is 1. The zero-order valence-electron chi connectivity index (χ0n) is 10.00. The molecule has 98 valence electrons. The number of halogens is 1. The van der Waals surface area contributed by atoms with Crippen LogP contribution in [0.5, 0.6) is 0 Å². The SMILES string of the molecule is O=P1(Cc2ccccc2)OC2CC(Cl)CC(C2)O1. The minimum atomic E-state index is -3.00. The van der Waals surface area contributed by atoms with Crippen LogP contribution in [0.4, 0.5) is 0 Å². The van der Waals surface area contributed by atoms with E-state index in [4.69, 9.17) is 20.6 Å². The highest BCUT2D eigenvalue weighted by molar-refractivity contribution is 7.53. The maximum Gasteiger partial charge on any atom is 0.335 e. The molecule has 2 atom stereocenters. The molecule has 0 aromatic heterocycles. The summed E-state index contributed by atoms with van der Waals surface area (Å²) in [6, 6.07) is 9.69. The molecule has 1 saturated carbocycles. The zero-order chi connectivity index (χ0) is 12.6. The van der Waals surface area contributed by atoms with Gasteiger partial charge in [0.15, 0.2) is 0 Å². The van der Waals surface area contributed by atoms with Gasteiger partial charge in [0.1, 0.15) is 0 Å². The summed E-state index contributed by atoms with van der Waals surface area (Å²) < 4.78 is 24.0. The average Bonchev–Trinajstić information content (AvgIpc) is 2.27. The number of hydrogen-bond acceptors (Lipinski definition) is 3. The molecule has 0 radical (unpaired) electrons. The lowest BCUT2D eigenvalue weighted by Gasteiger charge is -2.40. The Bertz CT molecular complexity index is 443. The fourth-order valence-electron chi connectivity index (χ4n) is 2.69. The van der Waals surface area contributed by atoms with Gasteiger partial charge in [-0.05, 0) is 18.4 Å². The van der Waals surface area contributed by atoms with Crippen LogP contribution >= 0.6 is 19.2 Å². The van der Waals surface area contributed by atoms with E-state index in [9.17, 15) is 4.57 Å². The van der Waals surface area contributed by atoms with E-state index in [1.54, 1.807) is 0 Å². The Kier molecular flexibility index (Phi) is 3.50. The van der Waals surface area contributed by atoms with E-state index < -0.39 is 7.60 Å². The number of hydrogen-bond donors (Lipinski definition) is 0. The van der Waals surface area contributed by atoms with Crippen molar-refractivity contribution in [3.05, 3.63) is 35.9 Å². The molecule has 2 unspecified atom stereocenters. The highest BCUT2D eigenvalue weighted by Crippen LogP contribution is 2.59. The van der Waals surface area contributed by atoms with Gasteiger partial charge in [0.05, 0.1) is 18.4 Å². The molecule has 0 amide bonds. The molecule has 1 aromatic carbocycles. The maximum absolute atomic E-state index is 12.6. The molecule has 1 aliphatic carbocycles. The molecular formula is C13H16ClO3P. The number of benzene rings is 1. The van der Waals surface area contributed by atoms with Crippen molar-refractivity contribution in [2.24, 2.45) is 0 Å². The van der Waals surface area contributed by atoms with Crippen molar-refractivity contribution in [2.45, 2.75) is 43.0 Å². The van der Waals surface area contributed by atoms with Crippen molar-refractivity contribution in [3.63, 3.8) is 0 Å². The van der Waals surface area contributed by atoms with Gasteiger partial charge in [-0.15, -0.1) is 11.6 Å². The van der Waals surface area contributed by atoms with Crippen molar-refractivity contribution in [3.8, 4) is 0 Å². The average molecular weight is 287 g/mol. The second-order valence-corrected chi connectivity index (χ2v) is 7.59. The van der Waals surface area contributed by atoms with Crippen LogP contribution in [-0.2, 0) is 19.8 Å². The van der Waals surface area contributed by atoms with Gasteiger partial charge >= 0.3 is 7.60 Å². The van der Waals surface area contributed by atoms with Gasteiger partial charge < -0.3 is 9.05 Å². The number of rotatable bonds is 2. The van der Waals surface area contributed by atoms with Crippen molar-refractivity contribution in [2.75, 3.05) is 0 Å². The van der Waals surface area contributed by atoms with Crippen molar-refractivity contribution in [1.29, 1.82) is 0 Å². The molecule has 0 N–H and O–H groups in total. The summed E-state index contributed by atoms with van der Waals surface area (Å²) in [6.07, 6.45) is 2.72. The fraction of sp³-hybridized carbons (Fsp3) is 0.538. The van der Waals surface area contributed by atoms with Crippen LogP contribution in [0.1, 0.15) is 24.8 Å². The van der Waals surface area contributed by atoms with E-state index in [2.05, 4.69) is 0 Å². The minimum Gasteiger partial charge on any atom is -0.305 e. The number of fused-ring (bicyclic) bond motifs is 2. The largest absolute Gasteiger partial charge is 0.335 e. The first-order valence-electron chi connectivity index (χ1n) is 6.27. The van der Waals surface area contributed by atoms with Crippen LogP contribution < -0.4 is 0 Å². The van der Waals surface area contributed by atoms with Crippen LogP contribution in [0.25, 0.3) is 0 Å². The first-order chi connectivity index (χ1) is 8.63. The Hall–Kier alpha value is -0.340. The van der Waals surface area contributed by atoms with E-state index >= 15 is 0 Å². The summed E-state index contributed by atoms with van der Waals surface area (Å²) in [7, 11) is -3.00. The smallest absolute Gasteiger partial charge is 0.305 e. The minimum absolute atomic E-state index is 0.00505. The Balaban J connectivity index is 1.74. The van der Waals surface area contributed by atoms with Crippen LogP contribution in [0.15, 0.2) is 30.3 Å².